The summed E-state index contributed by atoms with van der Waals surface area (Å²) < 4.78 is 27.9. The van der Waals surface area contributed by atoms with Crippen LogP contribution in [0.1, 0.15) is 10.4 Å². The van der Waals surface area contributed by atoms with Crippen molar-refractivity contribution in [3.05, 3.63) is 51.6 Å². The number of nitrogens with two attached hydrogens (primary N) is 1. The lowest BCUT2D eigenvalue weighted by Crippen LogP contribution is -2.17. The van der Waals surface area contributed by atoms with Crippen molar-refractivity contribution in [1.29, 1.82) is 0 Å². The van der Waals surface area contributed by atoms with Gasteiger partial charge in [-0.1, -0.05) is 0 Å². The maximum absolute atomic E-state index is 12.3. The van der Waals surface area contributed by atoms with Gasteiger partial charge >= 0.3 is 5.97 Å². The Balaban J connectivity index is 2.46. The summed E-state index contributed by atoms with van der Waals surface area (Å²) in [6.07, 6.45) is 0. The number of carbonyl (C=O) groups is 1. The Kier molecular flexibility index (Phi) is 4.37. The van der Waals surface area contributed by atoms with Crippen LogP contribution in [-0.2, 0) is 10.0 Å². The lowest BCUT2D eigenvalue weighted by molar-refractivity contribution is 0.0692. The van der Waals surface area contributed by atoms with Gasteiger partial charge < -0.3 is 10.8 Å². The van der Waals surface area contributed by atoms with E-state index in [2.05, 4.69) is 27.3 Å². The first-order chi connectivity index (χ1) is 9.79. The summed E-state index contributed by atoms with van der Waals surface area (Å²) in [5, 5.41) is 9.09. The Morgan fingerprint density at radius 2 is 1.76 bits per heavy atom. The molecule has 0 fully saturated rings. The second-order valence-corrected chi connectivity index (χ2v) is 7.07. The van der Waals surface area contributed by atoms with E-state index >= 15 is 0 Å². The summed E-state index contributed by atoms with van der Waals surface area (Å²) in [4.78, 5) is 10.8. The Bertz CT molecular complexity index is 788. The Labute approximate surface area is 135 Å². The van der Waals surface area contributed by atoms with Crippen LogP contribution in [0.25, 0.3) is 0 Å². The van der Waals surface area contributed by atoms with E-state index in [4.69, 9.17) is 10.8 Å². The van der Waals surface area contributed by atoms with E-state index in [1.54, 1.807) is 24.3 Å². The zero-order chi connectivity index (χ0) is 15.6. The van der Waals surface area contributed by atoms with Gasteiger partial charge in [0.1, 0.15) is 4.90 Å². The quantitative estimate of drug-likeness (QED) is 0.522. The maximum atomic E-state index is 12.3. The second kappa shape index (κ2) is 5.90. The van der Waals surface area contributed by atoms with Crippen molar-refractivity contribution < 1.29 is 18.3 Å². The summed E-state index contributed by atoms with van der Waals surface area (Å²) in [6.45, 7) is 0. The molecule has 0 spiro atoms. The fourth-order valence-corrected chi connectivity index (χ4v) is 3.32. The molecule has 0 heterocycles. The van der Waals surface area contributed by atoms with E-state index in [1.807, 2.05) is 0 Å². The first-order valence-corrected chi connectivity index (χ1v) is 8.27. The normalized spacial score (nSPS) is 11.1. The van der Waals surface area contributed by atoms with Crippen LogP contribution in [-0.4, -0.2) is 19.5 Å². The fraction of sp³-hybridized carbons (Fsp3) is 0. The van der Waals surface area contributed by atoms with Gasteiger partial charge in [-0.05, 0) is 65.1 Å². The van der Waals surface area contributed by atoms with E-state index in [-0.39, 0.29) is 16.1 Å². The molecule has 0 aliphatic heterocycles. The number of nitrogens with one attached hydrogen (secondary N) is 1. The van der Waals surface area contributed by atoms with Gasteiger partial charge in [0.25, 0.3) is 10.0 Å². The number of nitrogen functional groups attached to an aromatic ring is 1. The number of rotatable bonds is 4. The molecular weight excluding hydrogens is 407 g/mol. The summed E-state index contributed by atoms with van der Waals surface area (Å²) in [5.74, 6) is -1.34. The third-order valence-corrected chi connectivity index (χ3v) is 4.76. The maximum Gasteiger partial charge on any atom is 0.337 e. The molecule has 6 nitrogen and oxygen atoms in total. The molecule has 0 amide bonds. The number of halogens is 1. The zero-order valence-corrected chi connectivity index (χ0v) is 13.6. The van der Waals surface area contributed by atoms with Crippen molar-refractivity contribution >= 4 is 50.0 Å². The van der Waals surface area contributed by atoms with Crippen molar-refractivity contribution in [3.8, 4) is 0 Å². The third-order valence-electron chi connectivity index (χ3n) is 2.62. The number of benzene rings is 2. The lowest BCUT2D eigenvalue weighted by atomic mass is 10.2. The fourth-order valence-electron chi connectivity index (χ4n) is 1.67. The monoisotopic (exact) mass is 418 g/mol. The summed E-state index contributed by atoms with van der Waals surface area (Å²) in [5.41, 5.74) is 5.73. The number of aromatic carboxylic acids is 1. The molecule has 0 unspecified atom stereocenters. The van der Waals surface area contributed by atoms with Crippen LogP contribution in [0.2, 0.25) is 0 Å². The van der Waals surface area contributed by atoms with Crippen LogP contribution in [0.5, 0.6) is 0 Å². The molecule has 4 N–H and O–H groups in total. The molecule has 0 atom stereocenters. The Hall–Kier alpha value is -1.81. The molecule has 0 saturated carbocycles. The van der Waals surface area contributed by atoms with E-state index in [1.165, 1.54) is 12.1 Å². The standard InChI is InChI=1S/C13H11IN2O4S/c14-8-1-4-10(5-2-8)16-21(19,20)12-7-9(15)3-6-11(12)13(17)18/h1-7,16H,15H2,(H,17,18). The van der Waals surface area contributed by atoms with Crippen molar-refractivity contribution in [2.24, 2.45) is 0 Å². The van der Waals surface area contributed by atoms with Gasteiger partial charge in [0.05, 0.1) is 5.56 Å². The number of hydrogen-bond donors (Lipinski definition) is 3. The lowest BCUT2D eigenvalue weighted by Gasteiger charge is -2.11. The van der Waals surface area contributed by atoms with Gasteiger partial charge in [0.15, 0.2) is 0 Å². The van der Waals surface area contributed by atoms with Crippen LogP contribution < -0.4 is 10.5 Å². The molecular formula is C13H11IN2O4S. The second-order valence-electron chi connectivity index (χ2n) is 4.17. The Morgan fingerprint density at radius 1 is 1.14 bits per heavy atom. The minimum atomic E-state index is -4.04. The minimum Gasteiger partial charge on any atom is -0.478 e. The number of carboxylic acids is 1. The van der Waals surface area contributed by atoms with Gasteiger partial charge in [0.2, 0.25) is 0 Å². The zero-order valence-electron chi connectivity index (χ0n) is 10.6. The molecule has 2 rings (SSSR count). The highest BCUT2D eigenvalue weighted by Crippen LogP contribution is 2.22. The number of sulfonamides is 1. The van der Waals surface area contributed by atoms with Crippen molar-refractivity contribution in [3.63, 3.8) is 0 Å². The van der Waals surface area contributed by atoms with Crippen molar-refractivity contribution in [2.45, 2.75) is 4.90 Å². The molecule has 0 saturated heterocycles. The Morgan fingerprint density at radius 3 is 2.33 bits per heavy atom. The first-order valence-electron chi connectivity index (χ1n) is 5.71. The van der Waals surface area contributed by atoms with Gasteiger partial charge in [-0.15, -0.1) is 0 Å². The third kappa shape index (κ3) is 3.64. The molecule has 0 aromatic heterocycles. The van der Waals surface area contributed by atoms with Crippen LogP contribution >= 0.6 is 22.6 Å². The smallest absolute Gasteiger partial charge is 0.337 e. The molecule has 0 radical (unpaired) electrons. The number of carboxylic acid groups (broad SMARTS) is 1. The van der Waals surface area contributed by atoms with E-state index in [0.717, 1.165) is 9.64 Å². The summed E-state index contributed by atoms with van der Waals surface area (Å²) >= 11 is 2.09. The average molecular weight is 418 g/mol. The van der Waals surface area contributed by atoms with Gasteiger partial charge in [-0.25, -0.2) is 13.2 Å². The largest absolute Gasteiger partial charge is 0.478 e. The van der Waals surface area contributed by atoms with Gasteiger partial charge in [-0.2, -0.15) is 0 Å². The van der Waals surface area contributed by atoms with Crippen LogP contribution in [0.3, 0.4) is 0 Å². The molecule has 2 aromatic carbocycles. The van der Waals surface area contributed by atoms with Gasteiger partial charge in [0, 0.05) is 14.9 Å². The minimum absolute atomic E-state index is 0.169. The van der Waals surface area contributed by atoms with Gasteiger partial charge in [-0.3, -0.25) is 4.72 Å². The SMILES string of the molecule is Nc1ccc(C(=O)O)c(S(=O)(=O)Nc2ccc(I)cc2)c1. The predicted octanol–water partition coefficient (Wildman–Crippen LogP) is 2.37. The molecule has 0 bridgehead atoms. The van der Waals surface area contributed by atoms with E-state index in [0.29, 0.717) is 5.69 Å². The highest BCUT2D eigenvalue weighted by atomic mass is 127. The topological polar surface area (TPSA) is 109 Å². The van der Waals surface area contributed by atoms with E-state index < -0.39 is 16.0 Å². The highest BCUT2D eigenvalue weighted by Gasteiger charge is 2.22. The molecule has 110 valence electrons. The van der Waals surface area contributed by atoms with Crippen molar-refractivity contribution in [2.75, 3.05) is 10.5 Å². The highest BCUT2D eigenvalue weighted by molar-refractivity contribution is 14.1. The summed E-state index contributed by atoms with van der Waals surface area (Å²) in [7, 11) is -4.04. The van der Waals surface area contributed by atoms with Crippen LogP contribution in [0.4, 0.5) is 11.4 Å². The number of anilines is 2. The van der Waals surface area contributed by atoms with Crippen LogP contribution in [0, 0.1) is 3.57 Å². The number of hydrogen-bond acceptors (Lipinski definition) is 4. The van der Waals surface area contributed by atoms with Crippen molar-refractivity contribution in [1.82, 2.24) is 0 Å². The predicted molar refractivity (Wildman–Crippen MR) is 87.8 cm³/mol. The molecule has 21 heavy (non-hydrogen) atoms. The van der Waals surface area contributed by atoms with E-state index in [9.17, 15) is 13.2 Å². The molecule has 0 aliphatic rings. The van der Waals surface area contributed by atoms with Crippen LogP contribution in [0.15, 0.2) is 47.4 Å². The summed E-state index contributed by atoms with van der Waals surface area (Å²) in [6, 6.07) is 10.3. The first kappa shape index (κ1) is 15.6. The molecule has 2 aromatic rings. The molecule has 0 aliphatic carbocycles. The average Bonchev–Trinajstić information content (AvgIpc) is 2.41. The molecule has 8 heteroatoms.